The van der Waals surface area contributed by atoms with E-state index in [1.54, 1.807) is 6.92 Å². The van der Waals surface area contributed by atoms with Gasteiger partial charge in [0.05, 0.1) is 11.8 Å². The average molecular weight is 344 g/mol. The van der Waals surface area contributed by atoms with E-state index in [1.165, 1.54) is 6.42 Å². The van der Waals surface area contributed by atoms with Crippen LogP contribution < -0.4 is 5.32 Å². The van der Waals surface area contributed by atoms with Crippen LogP contribution in [0.2, 0.25) is 0 Å². The fourth-order valence-electron chi connectivity index (χ4n) is 3.56. The van der Waals surface area contributed by atoms with Gasteiger partial charge in [-0.3, -0.25) is 4.90 Å². The van der Waals surface area contributed by atoms with Crippen molar-refractivity contribution in [3.05, 3.63) is 24.1 Å². The van der Waals surface area contributed by atoms with E-state index in [2.05, 4.69) is 15.2 Å². The van der Waals surface area contributed by atoms with Crippen LogP contribution in [0.4, 0.5) is 10.5 Å². The van der Waals surface area contributed by atoms with E-state index < -0.39 is 0 Å². The molecule has 0 spiro atoms. The lowest BCUT2D eigenvalue weighted by Gasteiger charge is -2.35. The first kappa shape index (κ1) is 16.4. The summed E-state index contributed by atoms with van der Waals surface area (Å²) < 4.78 is 11.2. The van der Waals surface area contributed by atoms with Crippen molar-refractivity contribution in [1.29, 1.82) is 0 Å². The van der Waals surface area contributed by atoms with Gasteiger partial charge in [-0.1, -0.05) is 6.07 Å². The monoisotopic (exact) mass is 344 g/mol. The normalized spacial score (nSPS) is 21.8. The molecule has 2 saturated heterocycles. The molecule has 134 valence electrons. The second-order valence-corrected chi connectivity index (χ2v) is 6.74. The third-order valence-corrected chi connectivity index (χ3v) is 4.91. The second-order valence-electron chi connectivity index (χ2n) is 6.74. The van der Waals surface area contributed by atoms with E-state index in [1.807, 2.05) is 23.1 Å². The SMILES string of the molecule is Cc1nc2c(NC(=O)N3CCN(CC4CCCO4)CC3)cccc2o1. The average Bonchev–Trinajstić information content (AvgIpc) is 3.24. The summed E-state index contributed by atoms with van der Waals surface area (Å²) in [6.07, 6.45) is 2.69. The van der Waals surface area contributed by atoms with Crippen LogP contribution in [0.15, 0.2) is 22.6 Å². The standard InChI is InChI=1S/C18H24N4O3/c1-13-19-17-15(5-2-6-16(17)25-13)20-18(23)22-9-7-21(8-10-22)12-14-4-3-11-24-14/h2,5-6,14H,3-4,7-12H2,1H3,(H,20,23). The molecule has 0 saturated carbocycles. The Morgan fingerprint density at radius 1 is 1.32 bits per heavy atom. The Bertz CT molecular complexity index is 746. The number of benzene rings is 1. The first-order valence-electron chi connectivity index (χ1n) is 8.95. The van der Waals surface area contributed by atoms with Crippen molar-refractivity contribution in [2.24, 2.45) is 0 Å². The zero-order valence-electron chi connectivity index (χ0n) is 14.5. The molecule has 1 atom stereocenters. The fraction of sp³-hybridized carbons (Fsp3) is 0.556. The summed E-state index contributed by atoms with van der Waals surface area (Å²) in [4.78, 5) is 21.2. The maximum Gasteiger partial charge on any atom is 0.321 e. The molecule has 1 N–H and O–H groups in total. The number of anilines is 1. The number of carbonyl (C=O) groups is 1. The summed E-state index contributed by atoms with van der Waals surface area (Å²) in [6, 6.07) is 5.50. The minimum atomic E-state index is -0.0788. The van der Waals surface area contributed by atoms with Gasteiger partial charge in [-0.2, -0.15) is 0 Å². The van der Waals surface area contributed by atoms with Gasteiger partial charge in [0.15, 0.2) is 11.5 Å². The summed E-state index contributed by atoms with van der Waals surface area (Å²) in [7, 11) is 0. The number of nitrogens with one attached hydrogen (secondary N) is 1. The highest BCUT2D eigenvalue weighted by molar-refractivity contribution is 5.98. The van der Waals surface area contributed by atoms with E-state index in [0.717, 1.165) is 45.8 Å². The Morgan fingerprint density at radius 3 is 2.92 bits per heavy atom. The van der Waals surface area contributed by atoms with E-state index >= 15 is 0 Å². The van der Waals surface area contributed by atoms with Gasteiger partial charge in [-0.15, -0.1) is 0 Å². The van der Waals surface area contributed by atoms with Crippen molar-refractivity contribution in [3.8, 4) is 0 Å². The molecular formula is C18H24N4O3. The molecule has 4 rings (SSSR count). The summed E-state index contributed by atoms with van der Waals surface area (Å²) in [5.41, 5.74) is 2.09. The maximum atomic E-state index is 12.6. The summed E-state index contributed by atoms with van der Waals surface area (Å²) in [5.74, 6) is 0.597. The number of fused-ring (bicyclic) bond motifs is 1. The van der Waals surface area contributed by atoms with Crippen molar-refractivity contribution < 1.29 is 13.9 Å². The van der Waals surface area contributed by atoms with Crippen LogP contribution in [0.3, 0.4) is 0 Å². The number of oxazole rings is 1. The first-order valence-corrected chi connectivity index (χ1v) is 8.95. The zero-order valence-corrected chi connectivity index (χ0v) is 14.5. The molecule has 2 aliphatic heterocycles. The van der Waals surface area contributed by atoms with Gasteiger partial charge >= 0.3 is 6.03 Å². The van der Waals surface area contributed by atoms with Gasteiger partial charge in [0.2, 0.25) is 0 Å². The van der Waals surface area contributed by atoms with Crippen LogP contribution in [-0.2, 0) is 4.74 Å². The summed E-state index contributed by atoms with van der Waals surface area (Å²) in [5, 5.41) is 2.98. The van der Waals surface area contributed by atoms with Crippen molar-refractivity contribution in [2.75, 3.05) is 44.6 Å². The molecule has 0 aliphatic carbocycles. The number of piperazine rings is 1. The van der Waals surface area contributed by atoms with Crippen LogP contribution in [0.5, 0.6) is 0 Å². The highest BCUT2D eigenvalue weighted by atomic mass is 16.5. The third kappa shape index (κ3) is 3.62. The lowest BCUT2D eigenvalue weighted by molar-refractivity contribution is 0.0572. The highest BCUT2D eigenvalue weighted by Gasteiger charge is 2.25. The number of urea groups is 1. The molecule has 0 radical (unpaired) electrons. The lowest BCUT2D eigenvalue weighted by Crippen LogP contribution is -2.51. The van der Waals surface area contributed by atoms with Crippen molar-refractivity contribution in [1.82, 2.24) is 14.8 Å². The smallest absolute Gasteiger partial charge is 0.321 e. The molecule has 0 bridgehead atoms. The number of hydrogen-bond acceptors (Lipinski definition) is 5. The zero-order chi connectivity index (χ0) is 17.2. The van der Waals surface area contributed by atoms with Crippen molar-refractivity contribution >= 4 is 22.8 Å². The molecule has 7 heteroatoms. The third-order valence-electron chi connectivity index (χ3n) is 4.91. The predicted octanol–water partition coefficient (Wildman–Crippen LogP) is 2.46. The van der Waals surface area contributed by atoms with Crippen molar-refractivity contribution in [2.45, 2.75) is 25.9 Å². The number of carbonyl (C=O) groups excluding carboxylic acids is 1. The second kappa shape index (κ2) is 7.01. The summed E-state index contributed by atoms with van der Waals surface area (Å²) >= 11 is 0. The fourth-order valence-corrected chi connectivity index (χ4v) is 3.56. The van der Waals surface area contributed by atoms with E-state index in [4.69, 9.17) is 9.15 Å². The quantitative estimate of drug-likeness (QED) is 0.926. The number of aromatic nitrogens is 1. The molecule has 1 unspecified atom stereocenters. The van der Waals surface area contributed by atoms with Crippen LogP contribution >= 0.6 is 0 Å². The molecule has 2 aromatic rings. The molecule has 2 aliphatic rings. The van der Waals surface area contributed by atoms with Gasteiger partial charge in [0.25, 0.3) is 0 Å². The number of nitrogens with zero attached hydrogens (tertiary/aromatic N) is 3. The summed E-state index contributed by atoms with van der Waals surface area (Å²) in [6.45, 7) is 6.91. The number of rotatable bonds is 3. The minimum Gasteiger partial charge on any atom is -0.441 e. The number of ether oxygens (including phenoxy) is 1. The number of amides is 2. The molecule has 3 heterocycles. The van der Waals surface area contributed by atoms with Gasteiger partial charge in [-0.25, -0.2) is 9.78 Å². The Morgan fingerprint density at radius 2 is 2.16 bits per heavy atom. The highest BCUT2D eigenvalue weighted by Crippen LogP contribution is 2.24. The molecular weight excluding hydrogens is 320 g/mol. The van der Waals surface area contributed by atoms with Crippen LogP contribution in [0.25, 0.3) is 11.1 Å². The Hall–Kier alpha value is -2.12. The van der Waals surface area contributed by atoms with Gasteiger partial charge in [-0.05, 0) is 25.0 Å². The first-order chi connectivity index (χ1) is 12.2. The predicted molar refractivity (Wildman–Crippen MR) is 94.8 cm³/mol. The van der Waals surface area contributed by atoms with E-state index in [-0.39, 0.29) is 6.03 Å². The number of para-hydroxylation sites is 1. The van der Waals surface area contributed by atoms with Gasteiger partial charge in [0.1, 0.15) is 5.52 Å². The Balaban J connectivity index is 1.34. The largest absolute Gasteiger partial charge is 0.441 e. The van der Waals surface area contributed by atoms with E-state index in [0.29, 0.717) is 28.8 Å². The molecule has 1 aromatic heterocycles. The molecule has 1 aromatic carbocycles. The van der Waals surface area contributed by atoms with Crippen molar-refractivity contribution in [3.63, 3.8) is 0 Å². The van der Waals surface area contributed by atoms with Gasteiger partial charge < -0.3 is 19.4 Å². The molecule has 2 fully saturated rings. The van der Waals surface area contributed by atoms with Crippen LogP contribution in [-0.4, -0.2) is 66.2 Å². The lowest BCUT2D eigenvalue weighted by atomic mass is 10.2. The number of hydrogen-bond donors (Lipinski definition) is 1. The Kier molecular flexibility index (Phi) is 4.59. The number of aryl methyl sites for hydroxylation is 1. The van der Waals surface area contributed by atoms with Crippen LogP contribution in [0.1, 0.15) is 18.7 Å². The van der Waals surface area contributed by atoms with E-state index in [9.17, 15) is 4.79 Å². The topological polar surface area (TPSA) is 70.8 Å². The van der Waals surface area contributed by atoms with Gasteiger partial charge in [0, 0.05) is 46.3 Å². The molecule has 2 amide bonds. The maximum absolute atomic E-state index is 12.6. The molecule has 7 nitrogen and oxygen atoms in total. The molecule has 25 heavy (non-hydrogen) atoms. The minimum absolute atomic E-state index is 0.0788. The Labute approximate surface area is 146 Å². The van der Waals surface area contributed by atoms with Crippen LogP contribution in [0, 0.1) is 6.92 Å².